The average molecular weight is 448 g/mol. The third-order valence-corrected chi connectivity index (χ3v) is 6.31. The Balaban J connectivity index is 1.67. The van der Waals surface area contributed by atoms with Crippen molar-refractivity contribution in [1.82, 2.24) is 4.90 Å². The van der Waals surface area contributed by atoms with Crippen LogP contribution in [-0.2, 0) is 11.2 Å². The lowest BCUT2D eigenvalue weighted by Gasteiger charge is -2.27. The molecule has 0 saturated carbocycles. The molecule has 164 valence electrons. The van der Waals surface area contributed by atoms with Crippen LogP contribution in [0.5, 0.6) is 5.75 Å². The maximum Gasteiger partial charge on any atom is 0.290 e. The number of aliphatic hydroxyl groups excluding tert-OH is 1. The molecule has 0 spiro atoms. The van der Waals surface area contributed by atoms with Gasteiger partial charge in [-0.05, 0) is 47.5 Å². The molecule has 1 aliphatic rings. The molecule has 0 aliphatic carbocycles. The first-order chi connectivity index (χ1) is 15.6. The van der Waals surface area contributed by atoms with Crippen molar-refractivity contribution >= 4 is 23.0 Å². The standard InChI is InChI=1S/C26H25NO4S/c1-2-16-31-20-12-10-19(11-13-20)23-22(24(28)21-9-6-17-32-21)25(29)26(30)27(23)15-14-18-7-4-3-5-8-18/h3-13,17,23,29H,2,14-16H2,1H3. The number of amides is 1. The number of aliphatic hydroxyl groups is 1. The summed E-state index contributed by atoms with van der Waals surface area (Å²) in [6.45, 7) is 3.04. The highest BCUT2D eigenvalue weighted by Gasteiger charge is 2.43. The summed E-state index contributed by atoms with van der Waals surface area (Å²) in [4.78, 5) is 28.4. The fourth-order valence-electron chi connectivity index (χ4n) is 3.86. The molecule has 0 saturated heterocycles. The first-order valence-corrected chi connectivity index (χ1v) is 11.6. The molecule has 5 nitrogen and oxygen atoms in total. The maximum absolute atomic E-state index is 13.3. The zero-order valence-corrected chi connectivity index (χ0v) is 18.7. The lowest BCUT2D eigenvalue weighted by Crippen LogP contribution is -2.33. The molecule has 6 heteroatoms. The summed E-state index contributed by atoms with van der Waals surface area (Å²) in [6, 6.07) is 20.1. The van der Waals surface area contributed by atoms with Crippen LogP contribution in [0.2, 0.25) is 0 Å². The van der Waals surface area contributed by atoms with E-state index in [-0.39, 0.29) is 11.4 Å². The van der Waals surface area contributed by atoms with Crippen molar-refractivity contribution in [2.24, 2.45) is 0 Å². The maximum atomic E-state index is 13.3. The number of carbonyl (C=O) groups is 2. The van der Waals surface area contributed by atoms with Gasteiger partial charge < -0.3 is 14.7 Å². The summed E-state index contributed by atoms with van der Waals surface area (Å²) in [5, 5.41) is 12.6. The van der Waals surface area contributed by atoms with Crippen LogP contribution in [-0.4, -0.2) is 34.8 Å². The Kier molecular flexibility index (Phi) is 6.71. The smallest absolute Gasteiger partial charge is 0.290 e. The molecule has 1 atom stereocenters. The van der Waals surface area contributed by atoms with Crippen molar-refractivity contribution < 1.29 is 19.4 Å². The SMILES string of the molecule is CCCOc1ccc(C2C(C(=O)c3cccs3)=C(O)C(=O)N2CCc2ccccc2)cc1. The number of Topliss-reactive ketones (excluding diaryl/α,β-unsaturated/α-hetero) is 1. The molecule has 0 fully saturated rings. The summed E-state index contributed by atoms with van der Waals surface area (Å²) in [5.74, 6) is -0.565. The van der Waals surface area contributed by atoms with E-state index in [0.29, 0.717) is 24.4 Å². The van der Waals surface area contributed by atoms with Gasteiger partial charge in [0.2, 0.25) is 5.78 Å². The van der Waals surface area contributed by atoms with E-state index in [1.165, 1.54) is 11.3 Å². The largest absolute Gasteiger partial charge is 0.503 e. The third-order valence-electron chi connectivity index (χ3n) is 5.45. The van der Waals surface area contributed by atoms with Gasteiger partial charge in [-0.15, -0.1) is 11.3 Å². The van der Waals surface area contributed by atoms with E-state index < -0.39 is 17.7 Å². The van der Waals surface area contributed by atoms with Crippen LogP contribution >= 0.6 is 11.3 Å². The number of nitrogens with zero attached hydrogens (tertiary/aromatic N) is 1. The number of ether oxygens (including phenoxy) is 1. The van der Waals surface area contributed by atoms with Crippen molar-refractivity contribution in [3.8, 4) is 5.75 Å². The number of hydrogen-bond acceptors (Lipinski definition) is 5. The van der Waals surface area contributed by atoms with Crippen molar-refractivity contribution in [3.05, 3.63) is 99.4 Å². The number of carbonyl (C=O) groups excluding carboxylic acids is 2. The molecule has 1 aliphatic heterocycles. The van der Waals surface area contributed by atoms with Crippen LogP contribution in [0.25, 0.3) is 0 Å². The van der Waals surface area contributed by atoms with E-state index in [9.17, 15) is 14.7 Å². The van der Waals surface area contributed by atoms with E-state index in [1.807, 2.05) is 66.9 Å². The number of benzene rings is 2. The highest BCUT2D eigenvalue weighted by atomic mass is 32.1. The third kappa shape index (κ3) is 4.46. The van der Waals surface area contributed by atoms with Crippen molar-refractivity contribution in [2.45, 2.75) is 25.8 Å². The summed E-state index contributed by atoms with van der Waals surface area (Å²) in [7, 11) is 0. The molecule has 2 heterocycles. The molecule has 1 amide bonds. The van der Waals surface area contributed by atoms with Crippen LogP contribution in [0.3, 0.4) is 0 Å². The van der Waals surface area contributed by atoms with E-state index in [0.717, 1.165) is 23.3 Å². The van der Waals surface area contributed by atoms with Gasteiger partial charge in [-0.2, -0.15) is 0 Å². The minimum atomic E-state index is -0.652. The van der Waals surface area contributed by atoms with Crippen molar-refractivity contribution in [2.75, 3.05) is 13.2 Å². The topological polar surface area (TPSA) is 66.8 Å². The molecule has 2 aromatic carbocycles. The fourth-order valence-corrected chi connectivity index (χ4v) is 4.54. The van der Waals surface area contributed by atoms with E-state index in [1.54, 1.807) is 17.0 Å². The first kappa shape index (κ1) is 21.8. The minimum absolute atomic E-state index is 0.132. The second kappa shape index (κ2) is 9.83. The number of hydrogen-bond donors (Lipinski definition) is 1. The second-order valence-electron chi connectivity index (χ2n) is 7.62. The average Bonchev–Trinajstić information content (AvgIpc) is 3.45. The molecule has 32 heavy (non-hydrogen) atoms. The zero-order chi connectivity index (χ0) is 22.5. The summed E-state index contributed by atoms with van der Waals surface area (Å²) in [5.41, 5.74) is 1.98. The number of ketones is 1. The molecular formula is C26H25NO4S. The van der Waals surface area contributed by atoms with Gasteiger partial charge in [0, 0.05) is 6.54 Å². The normalized spacial score (nSPS) is 16.0. The van der Waals surface area contributed by atoms with Crippen LogP contribution in [0.15, 0.2) is 83.4 Å². The predicted octanol–water partition coefficient (Wildman–Crippen LogP) is 5.36. The molecule has 4 rings (SSSR count). The van der Waals surface area contributed by atoms with Crippen molar-refractivity contribution in [3.63, 3.8) is 0 Å². The van der Waals surface area contributed by atoms with Gasteiger partial charge in [0.1, 0.15) is 5.75 Å². The van der Waals surface area contributed by atoms with E-state index >= 15 is 0 Å². The van der Waals surface area contributed by atoms with Gasteiger partial charge in [-0.1, -0.05) is 55.5 Å². The molecule has 0 bridgehead atoms. The Bertz CT molecular complexity index is 1100. The van der Waals surface area contributed by atoms with Crippen LogP contribution < -0.4 is 4.74 Å². The number of rotatable bonds is 9. The van der Waals surface area contributed by atoms with Crippen LogP contribution in [0.1, 0.15) is 40.2 Å². The molecule has 0 radical (unpaired) electrons. The van der Waals surface area contributed by atoms with E-state index in [2.05, 4.69) is 0 Å². The fraction of sp³-hybridized carbons (Fsp3) is 0.231. The second-order valence-corrected chi connectivity index (χ2v) is 8.57. The molecular weight excluding hydrogens is 422 g/mol. The van der Waals surface area contributed by atoms with Gasteiger partial charge in [0.15, 0.2) is 5.76 Å². The van der Waals surface area contributed by atoms with Crippen LogP contribution in [0, 0.1) is 0 Å². The minimum Gasteiger partial charge on any atom is -0.503 e. The summed E-state index contributed by atoms with van der Waals surface area (Å²) < 4.78 is 5.67. The highest BCUT2D eigenvalue weighted by molar-refractivity contribution is 7.12. The first-order valence-electron chi connectivity index (χ1n) is 10.7. The quantitative estimate of drug-likeness (QED) is 0.449. The Labute approximate surface area is 191 Å². The highest BCUT2D eigenvalue weighted by Crippen LogP contribution is 2.40. The monoisotopic (exact) mass is 447 g/mol. The predicted molar refractivity (Wildman–Crippen MR) is 125 cm³/mol. The van der Waals surface area contributed by atoms with Gasteiger partial charge in [0.05, 0.1) is 23.1 Å². The zero-order valence-electron chi connectivity index (χ0n) is 17.9. The van der Waals surface area contributed by atoms with Crippen molar-refractivity contribution in [1.29, 1.82) is 0 Å². The molecule has 3 aromatic rings. The van der Waals surface area contributed by atoms with Gasteiger partial charge >= 0.3 is 0 Å². The Morgan fingerprint density at radius 2 is 1.81 bits per heavy atom. The molecule has 1 aromatic heterocycles. The Morgan fingerprint density at radius 3 is 2.47 bits per heavy atom. The van der Waals surface area contributed by atoms with Gasteiger partial charge in [-0.3, -0.25) is 9.59 Å². The van der Waals surface area contributed by atoms with Crippen LogP contribution in [0.4, 0.5) is 0 Å². The molecule has 1 unspecified atom stereocenters. The van der Waals surface area contributed by atoms with Gasteiger partial charge in [0.25, 0.3) is 5.91 Å². The summed E-state index contributed by atoms with van der Waals surface area (Å²) in [6.07, 6.45) is 1.52. The molecule has 1 N–H and O–H groups in total. The Hall–Kier alpha value is -3.38. The van der Waals surface area contributed by atoms with E-state index in [4.69, 9.17) is 4.74 Å². The lowest BCUT2D eigenvalue weighted by atomic mass is 9.95. The number of thiophene rings is 1. The summed E-state index contributed by atoms with van der Waals surface area (Å²) >= 11 is 1.30. The Morgan fingerprint density at radius 1 is 1.06 bits per heavy atom. The van der Waals surface area contributed by atoms with Gasteiger partial charge in [-0.25, -0.2) is 0 Å². The lowest BCUT2D eigenvalue weighted by molar-refractivity contribution is -0.129.